The number of benzene rings is 1. The minimum atomic E-state index is -0.347. The highest BCUT2D eigenvalue weighted by Gasteiger charge is 2.12. The van der Waals surface area contributed by atoms with Gasteiger partial charge in [0.1, 0.15) is 5.69 Å². The molecule has 0 unspecified atom stereocenters. The lowest BCUT2D eigenvalue weighted by Gasteiger charge is -2.13. The summed E-state index contributed by atoms with van der Waals surface area (Å²) >= 11 is 0. The molecule has 5 nitrogen and oxygen atoms in total. The van der Waals surface area contributed by atoms with Crippen LogP contribution >= 0.6 is 0 Å². The normalized spacial score (nSPS) is 11.2. The molecule has 0 aliphatic heterocycles. The third-order valence-corrected chi connectivity index (χ3v) is 3.32. The summed E-state index contributed by atoms with van der Waals surface area (Å²) in [6, 6.07) is 3.91. The number of nitrogen functional groups attached to an aromatic ring is 2. The van der Waals surface area contributed by atoms with E-state index in [1.54, 1.807) is 0 Å². The summed E-state index contributed by atoms with van der Waals surface area (Å²) in [5.74, 6) is 0.508. The largest absolute Gasteiger partial charge is 0.396 e. The lowest BCUT2D eigenvalue weighted by atomic mass is 9.95. The fourth-order valence-electron chi connectivity index (χ4n) is 2.37. The highest BCUT2D eigenvalue weighted by Crippen LogP contribution is 2.27. The minimum absolute atomic E-state index is 0.0617. The first-order chi connectivity index (χ1) is 9.43. The molecule has 0 radical (unpaired) electrons. The Labute approximate surface area is 117 Å². The molecular weight excluding hydrogens is 252 g/mol. The van der Waals surface area contributed by atoms with Crippen LogP contribution in [0.3, 0.4) is 0 Å². The zero-order chi connectivity index (χ0) is 14.9. The summed E-state index contributed by atoms with van der Waals surface area (Å²) in [5.41, 5.74) is 14.6. The minimum Gasteiger partial charge on any atom is -0.396 e. The SMILES string of the molecule is C=NCc1cc2c(N)c(N)c(=O)[nH]c2cc1CC(C)C. The molecule has 1 heterocycles. The Morgan fingerprint density at radius 2 is 1.95 bits per heavy atom. The number of fused-ring (bicyclic) bond motifs is 1. The molecule has 0 amide bonds. The molecule has 0 bridgehead atoms. The van der Waals surface area contributed by atoms with Gasteiger partial charge in [0.2, 0.25) is 0 Å². The molecule has 0 aliphatic rings. The molecule has 0 fully saturated rings. The lowest BCUT2D eigenvalue weighted by Crippen LogP contribution is -2.15. The molecule has 5 N–H and O–H groups in total. The first-order valence-electron chi connectivity index (χ1n) is 6.59. The maximum absolute atomic E-state index is 11.7. The number of aromatic nitrogens is 1. The highest BCUT2D eigenvalue weighted by molar-refractivity contribution is 5.96. The van der Waals surface area contributed by atoms with Crippen molar-refractivity contribution in [3.05, 3.63) is 33.6 Å². The molecule has 20 heavy (non-hydrogen) atoms. The van der Waals surface area contributed by atoms with E-state index in [9.17, 15) is 4.79 Å². The number of pyridine rings is 1. The van der Waals surface area contributed by atoms with E-state index in [0.717, 1.165) is 22.9 Å². The number of nitrogens with two attached hydrogens (primary N) is 2. The molecule has 1 aromatic heterocycles. The summed E-state index contributed by atoms with van der Waals surface area (Å²) in [5, 5.41) is 0.758. The molecule has 0 spiro atoms. The Balaban J connectivity index is 2.74. The van der Waals surface area contributed by atoms with Gasteiger partial charge >= 0.3 is 0 Å². The van der Waals surface area contributed by atoms with Crippen molar-refractivity contribution in [1.29, 1.82) is 0 Å². The number of hydrogen-bond acceptors (Lipinski definition) is 4. The van der Waals surface area contributed by atoms with E-state index in [4.69, 9.17) is 11.5 Å². The van der Waals surface area contributed by atoms with Crippen molar-refractivity contribution < 1.29 is 0 Å². The second-order valence-corrected chi connectivity index (χ2v) is 5.43. The lowest BCUT2D eigenvalue weighted by molar-refractivity contribution is 0.643. The van der Waals surface area contributed by atoms with Gasteiger partial charge in [0.15, 0.2) is 0 Å². The topological polar surface area (TPSA) is 97.3 Å². The zero-order valence-corrected chi connectivity index (χ0v) is 11.9. The van der Waals surface area contributed by atoms with Crippen LogP contribution in [0.5, 0.6) is 0 Å². The maximum atomic E-state index is 11.7. The number of rotatable bonds is 4. The number of anilines is 2. The first kappa shape index (κ1) is 14.1. The van der Waals surface area contributed by atoms with Crippen molar-refractivity contribution in [2.24, 2.45) is 10.9 Å². The van der Waals surface area contributed by atoms with Crippen molar-refractivity contribution in [2.75, 3.05) is 11.5 Å². The van der Waals surface area contributed by atoms with Gasteiger partial charge in [-0.3, -0.25) is 9.79 Å². The van der Waals surface area contributed by atoms with Crippen LogP contribution < -0.4 is 17.0 Å². The van der Waals surface area contributed by atoms with Crippen LogP contribution in [-0.2, 0) is 13.0 Å². The van der Waals surface area contributed by atoms with Crippen LogP contribution in [0.1, 0.15) is 25.0 Å². The molecule has 2 aromatic rings. The number of nitrogens with one attached hydrogen (secondary N) is 1. The quantitative estimate of drug-likeness (QED) is 0.743. The molecule has 0 saturated heterocycles. The van der Waals surface area contributed by atoms with Gasteiger partial charge < -0.3 is 16.5 Å². The van der Waals surface area contributed by atoms with Crippen molar-refractivity contribution >= 4 is 29.0 Å². The third kappa shape index (κ3) is 2.52. The average molecular weight is 272 g/mol. The molecule has 0 saturated carbocycles. The van der Waals surface area contributed by atoms with E-state index < -0.39 is 0 Å². The molecule has 5 heteroatoms. The van der Waals surface area contributed by atoms with E-state index in [0.29, 0.717) is 23.7 Å². The number of aromatic amines is 1. The average Bonchev–Trinajstić information content (AvgIpc) is 2.37. The second kappa shape index (κ2) is 5.36. The van der Waals surface area contributed by atoms with Gasteiger partial charge in [-0.2, -0.15) is 0 Å². The molecule has 0 aliphatic carbocycles. The molecule has 1 aromatic carbocycles. The summed E-state index contributed by atoms with van der Waals surface area (Å²) in [6.07, 6.45) is 0.910. The number of aliphatic imine (C=N–C) groups is 1. The second-order valence-electron chi connectivity index (χ2n) is 5.43. The van der Waals surface area contributed by atoms with Crippen LogP contribution in [0, 0.1) is 5.92 Å². The van der Waals surface area contributed by atoms with Crippen LogP contribution in [0.25, 0.3) is 10.9 Å². The highest BCUT2D eigenvalue weighted by atomic mass is 16.1. The molecule has 0 atom stereocenters. The summed E-state index contributed by atoms with van der Waals surface area (Å²) in [7, 11) is 0. The first-order valence-corrected chi connectivity index (χ1v) is 6.59. The monoisotopic (exact) mass is 272 g/mol. The zero-order valence-electron chi connectivity index (χ0n) is 11.9. The Morgan fingerprint density at radius 3 is 2.55 bits per heavy atom. The van der Waals surface area contributed by atoms with Crippen molar-refractivity contribution in [1.82, 2.24) is 4.98 Å². The fraction of sp³-hybridized carbons (Fsp3) is 0.333. The van der Waals surface area contributed by atoms with Crippen LogP contribution in [0.2, 0.25) is 0 Å². The van der Waals surface area contributed by atoms with Gasteiger partial charge in [-0.05, 0) is 42.3 Å². The Hall–Kier alpha value is -2.30. The smallest absolute Gasteiger partial charge is 0.273 e. The van der Waals surface area contributed by atoms with Crippen LogP contribution in [0.15, 0.2) is 21.9 Å². The summed E-state index contributed by atoms with van der Waals surface area (Å²) in [6.45, 7) is 8.37. The molecule has 2 rings (SSSR count). The Morgan fingerprint density at radius 1 is 1.25 bits per heavy atom. The van der Waals surface area contributed by atoms with E-state index in [1.807, 2.05) is 12.1 Å². The van der Waals surface area contributed by atoms with Crippen LogP contribution in [-0.4, -0.2) is 11.7 Å². The Kier molecular flexibility index (Phi) is 3.79. The van der Waals surface area contributed by atoms with Crippen molar-refractivity contribution in [3.8, 4) is 0 Å². The van der Waals surface area contributed by atoms with E-state index in [2.05, 4.69) is 30.5 Å². The molecular formula is C15H20N4O. The predicted octanol–water partition coefficient (Wildman–Crippen LogP) is 2.09. The molecule has 106 valence electrons. The fourth-order valence-corrected chi connectivity index (χ4v) is 2.37. The number of hydrogen-bond donors (Lipinski definition) is 3. The summed E-state index contributed by atoms with van der Waals surface area (Å²) in [4.78, 5) is 18.4. The standard InChI is InChI=1S/C15H20N4O/c1-8(2)4-9-6-12-11(5-10(9)7-18-3)13(16)14(17)15(20)19-12/h5-6,8H,3-4,7,17H2,1-2H3,(H3,16,19,20). The van der Waals surface area contributed by atoms with Gasteiger partial charge in [-0.25, -0.2) is 0 Å². The van der Waals surface area contributed by atoms with Crippen molar-refractivity contribution in [2.45, 2.75) is 26.8 Å². The maximum Gasteiger partial charge on any atom is 0.273 e. The Bertz CT molecular complexity index is 716. The third-order valence-electron chi connectivity index (χ3n) is 3.32. The van der Waals surface area contributed by atoms with Gasteiger partial charge in [0, 0.05) is 5.39 Å². The van der Waals surface area contributed by atoms with Crippen LogP contribution in [0.4, 0.5) is 11.4 Å². The van der Waals surface area contributed by atoms with Gasteiger partial charge in [-0.15, -0.1) is 0 Å². The van der Waals surface area contributed by atoms with E-state index in [-0.39, 0.29) is 11.2 Å². The summed E-state index contributed by atoms with van der Waals surface area (Å²) < 4.78 is 0. The van der Waals surface area contributed by atoms with E-state index in [1.165, 1.54) is 0 Å². The van der Waals surface area contributed by atoms with E-state index >= 15 is 0 Å². The van der Waals surface area contributed by atoms with Gasteiger partial charge in [0.25, 0.3) is 5.56 Å². The number of H-pyrrole nitrogens is 1. The van der Waals surface area contributed by atoms with Gasteiger partial charge in [-0.1, -0.05) is 13.8 Å². The van der Waals surface area contributed by atoms with Gasteiger partial charge in [0.05, 0.1) is 17.7 Å². The van der Waals surface area contributed by atoms with Crippen molar-refractivity contribution in [3.63, 3.8) is 0 Å². The predicted molar refractivity (Wildman–Crippen MR) is 85.2 cm³/mol. The number of nitrogens with zero attached hydrogens (tertiary/aromatic N) is 1.